The van der Waals surface area contributed by atoms with Gasteiger partial charge in [0.2, 0.25) is 0 Å². The predicted octanol–water partition coefficient (Wildman–Crippen LogP) is 5.06. The maximum Gasteiger partial charge on any atom is 0.251 e. The zero-order valence-corrected chi connectivity index (χ0v) is 20.7. The first-order valence-corrected chi connectivity index (χ1v) is 12.4. The molecule has 1 N–H and O–H groups in total. The minimum Gasteiger partial charge on any atom is -0.354 e. The molecule has 37 heavy (non-hydrogen) atoms. The van der Waals surface area contributed by atoms with Crippen LogP contribution in [0, 0.1) is 17.1 Å². The number of rotatable bonds is 9. The zero-order valence-electron chi connectivity index (χ0n) is 20.7. The lowest BCUT2D eigenvalue weighted by Gasteiger charge is -2.26. The molecule has 0 amide bonds. The number of hydrogen-bond acceptors (Lipinski definition) is 7. The molecule has 0 saturated heterocycles. The largest absolute Gasteiger partial charge is 0.354 e. The van der Waals surface area contributed by atoms with Crippen LogP contribution in [0.2, 0.25) is 0 Å². The van der Waals surface area contributed by atoms with Gasteiger partial charge in [-0.1, -0.05) is 25.1 Å². The smallest absolute Gasteiger partial charge is 0.251 e. The molecular weight excluding hydrogens is 471 g/mol. The molecule has 8 nitrogen and oxygen atoms in total. The van der Waals surface area contributed by atoms with Gasteiger partial charge < -0.3 is 9.84 Å². The number of pyridine rings is 1. The van der Waals surface area contributed by atoms with E-state index in [2.05, 4.69) is 26.5 Å². The van der Waals surface area contributed by atoms with Gasteiger partial charge in [-0.15, -0.1) is 0 Å². The molecule has 0 aliphatic heterocycles. The van der Waals surface area contributed by atoms with Gasteiger partial charge in [0.05, 0.1) is 24.2 Å². The molecule has 5 rings (SSSR count). The molecule has 3 heterocycles. The number of nitrogens with zero attached hydrogens (tertiary/aromatic N) is 5. The first-order valence-electron chi connectivity index (χ1n) is 12.4. The van der Waals surface area contributed by atoms with Crippen molar-refractivity contribution in [2.75, 3.05) is 0 Å². The summed E-state index contributed by atoms with van der Waals surface area (Å²) in [5.74, 6) is -0.0325. The van der Waals surface area contributed by atoms with Crippen LogP contribution in [-0.2, 0) is 12.1 Å². The second kappa shape index (κ2) is 10.1. The van der Waals surface area contributed by atoms with Gasteiger partial charge in [-0.2, -0.15) is 5.26 Å². The number of aromatic nitrogens is 4. The lowest BCUT2D eigenvalue weighted by atomic mass is 9.94. The van der Waals surface area contributed by atoms with Crippen LogP contribution in [0.5, 0.6) is 0 Å². The van der Waals surface area contributed by atoms with Gasteiger partial charge in [0, 0.05) is 42.0 Å². The second-order valence-corrected chi connectivity index (χ2v) is 9.31. The summed E-state index contributed by atoms with van der Waals surface area (Å²) in [4.78, 5) is 21.5. The highest BCUT2D eigenvalue weighted by atomic mass is 19.1. The summed E-state index contributed by atoms with van der Waals surface area (Å²) in [6.45, 7) is 4.40. The summed E-state index contributed by atoms with van der Waals surface area (Å²) < 4.78 is 21.8. The first kappa shape index (κ1) is 24.5. The molecular formula is C28H27FN6O2. The third-order valence-electron chi connectivity index (χ3n) is 6.92. The molecule has 188 valence electrons. The van der Waals surface area contributed by atoms with Crippen LogP contribution in [0.3, 0.4) is 0 Å². The Balaban J connectivity index is 1.42. The summed E-state index contributed by atoms with van der Waals surface area (Å²) in [7, 11) is 0. The highest BCUT2D eigenvalue weighted by Crippen LogP contribution is 2.29. The highest BCUT2D eigenvalue weighted by molar-refractivity contribution is 5.67. The SMILES string of the molecule is CCC(C#N)(CC)n1cc(-c2cncc(-c3cc(-c4ccc(CNC5CC5)cc4F)no3)n2)ccc1=O. The molecule has 3 aromatic heterocycles. The maximum atomic E-state index is 14.8. The Kier molecular flexibility index (Phi) is 6.68. The fraction of sp³-hybridized carbons (Fsp3) is 0.321. The van der Waals surface area contributed by atoms with E-state index in [1.165, 1.54) is 35.7 Å². The Hall–Kier alpha value is -4.16. The quantitative estimate of drug-likeness (QED) is 0.344. The lowest BCUT2D eigenvalue weighted by molar-refractivity contribution is 0.345. The van der Waals surface area contributed by atoms with E-state index in [0.717, 1.165) is 5.56 Å². The molecule has 0 bridgehead atoms. The van der Waals surface area contributed by atoms with E-state index in [1.54, 1.807) is 30.6 Å². The molecule has 1 aliphatic carbocycles. The van der Waals surface area contributed by atoms with Crippen LogP contribution < -0.4 is 10.9 Å². The summed E-state index contributed by atoms with van der Waals surface area (Å²) in [6.07, 6.45) is 8.08. The van der Waals surface area contributed by atoms with Gasteiger partial charge >= 0.3 is 0 Å². The Morgan fingerprint density at radius 2 is 1.92 bits per heavy atom. The van der Waals surface area contributed by atoms with Crippen LogP contribution in [0.4, 0.5) is 4.39 Å². The van der Waals surface area contributed by atoms with E-state index >= 15 is 0 Å². The van der Waals surface area contributed by atoms with Crippen molar-refractivity contribution in [3.8, 4) is 40.0 Å². The molecule has 0 spiro atoms. The fourth-order valence-corrected chi connectivity index (χ4v) is 4.35. The van der Waals surface area contributed by atoms with Crippen molar-refractivity contribution in [2.24, 2.45) is 0 Å². The fourth-order valence-electron chi connectivity index (χ4n) is 4.35. The molecule has 4 aromatic rings. The third-order valence-corrected chi connectivity index (χ3v) is 6.92. The number of nitriles is 1. The topological polar surface area (TPSA) is 110 Å². The van der Waals surface area contributed by atoms with Crippen LogP contribution in [0.25, 0.3) is 34.0 Å². The molecule has 0 unspecified atom stereocenters. The zero-order chi connectivity index (χ0) is 26.0. The highest BCUT2D eigenvalue weighted by Gasteiger charge is 2.29. The van der Waals surface area contributed by atoms with Gasteiger partial charge in [0.15, 0.2) is 5.76 Å². The van der Waals surface area contributed by atoms with E-state index in [9.17, 15) is 14.4 Å². The Morgan fingerprint density at radius 1 is 1.14 bits per heavy atom. The molecule has 1 aliphatic rings. The van der Waals surface area contributed by atoms with Gasteiger partial charge in [-0.25, -0.2) is 9.37 Å². The monoisotopic (exact) mass is 498 g/mol. The lowest BCUT2D eigenvalue weighted by Crippen LogP contribution is -2.38. The minimum atomic E-state index is -0.939. The van der Waals surface area contributed by atoms with Gasteiger partial charge in [0.1, 0.15) is 22.7 Å². The maximum absolute atomic E-state index is 14.8. The predicted molar refractivity (Wildman–Crippen MR) is 137 cm³/mol. The van der Waals surface area contributed by atoms with E-state index in [0.29, 0.717) is 59.4 Å². The minimum absolute atomic E-state index is 0.255. The van der Waals surface area contributed by atoms with Crippen molar-refractivity contribution in [1.29, 1.82) is 5.26 Å². The van der Waals surface area contributed by atoms with Crippen LogP contribution in [0.15, 0.2) is 64.3 Å². The van der Waals surface area contributed by atoms with Crippen LogP contribution in [0.1, 0.15) is 45.1 Å². The normalized spacial score (nSPS) is 13.5. The summed E-state index contributed by atoms with van der Waals surface area (Å²) in [5.41, 5.74) is 1.94. The number of halogens is 1. The van der Waals surface area contributed by atoms with E-state index < -0.39 is 5.54 Å². The molecule has 1 saturated carbocycles. The van der Waals surface area contributed by atoms with Gasteiger partial charge in [0.25, 0.3) is 5.56 Å². The number of hydrogen-bond donors (Lipinski definition) is 1. The Labute approximate surface area is 213 Å². The average Bonchev–Trinajstić information content (AvgIpc) is 3.63. The molecule has 0 atom stereocenters. The number of nitrogens with one attached hydrogen (secondary N) is 1. The van der Waals surface area contributed by atoms with Gasteiger partial charge in [-0.05, 0) is 49.4 Å². The van der Waals surface area contributed by atoms with E-state index in [1.807, 2.05) is 19.9 Å². The molecule has 1 aromatic carbocycles. The molecule has 9 heteroatoms. The van der Waals surface area contributed by atoms with Crippen molar-refractivity contribution < 1.29 is 8.91 Å². The van der Waals surface area contributed by atoms with Crippen molar-refractivity contribution >= 4 is 0 Å². The van der Waals surface area contributed by atoms with E-state index in [-0.39, 0.29) is 11.4 Å². The average molecular weight is 499 g/mol. The van der Waals surface area contributed by atoms with Crippen molar-refractivity contribution in [2.45, 2.75) is 57.7 Å². The molecule has 0 radical (unpaired) electrons. The van der Waals surface area contributed by atoms with Crippen LogP contribution >= 0.6 is 0 Å². The summed E-state index contributed by atoms with van der Waals surface area (Å²) in [5, 5.41) is 17.2. The van der Waals surface area contributed by atoms with E-state index in [4.69, 9.17) is 4.52 Å². The van der Waals surface area contributed by atoms with Crippen LogP contribution in [-0.4, -0.2) is 25.7 Å². The van der Waals surface area contributed by atoms with Gasteiger partial charge in [-0.3, -0.25) is 14.3 Å². The van der Waals surface area contributed by atoms with Crippen molar-refractivity contribution in [1.82, 2.24) is 25.0 Å². The third kappa shape index (κ3) is 4.93. The van der Waals surface area contributed by atoms with Crippen molar-refractivity contribution in [3.05, 3.63) is 76.7 Å². The summed E-state index contributed by atoms with van der Waals surface area (Å²) in [6, 6.07) is 12.7. The second-order valence-electron chi connectivity index (χ2n) is 9.31. The first-order chi connectivity index (χ1) is 18.0. The Morgan fingerprint density at radius 3 is 2.62 bits per heavy atom. The van der Waals surface area contributed by atoms with Crippen molar-refractivity contribution in [3.63, 3.8) is 0 Å². The molecule has 1 fully saturated rings. The Bertz CT molecular complexity index is 1530. The summed E-state index contributed by atoms with van der Waals surface area (Å²) >= 11 is 0. The number of benzene rings is 1. The standard InChI is InChI=1S/C28H27FN6O2/c1-3-28(4-2,17-30)35-16-19(6-10-27(35)36)24-14-31-15-25(33-24)26-12-23(34-37-26)21-9-5-18(11-22(21)29)13-32-20-7-8-20/h5-6,9-12,14-16,20,32H,3-4,7-8,13H2,1-2H3.